The molecule has 1 unspecified atom stereocenters. The van der Waals surface area contributed by atoms with Crippen LogP contribution in [0.4, 0.5) is 5.82 Å². The highest BCUT2D eigenvalue weighted by Gasteiger charge is 2.26. The van der Waals surface area contributed by atoms with Crippen molar-refractivity contribution < 1.29 is 4.79 Å². The van der Waals surface area contributed by atoms with Crippen LogP contribution in [0.5, 0.6) is 0 Å². The summed E-state index contributed by atoms with van der Waals surface area (Å²) < 4.78 is 1.69. The molecule has 1 amide bonds. The molecule has 144 valence electrons. The highest BCUT2D eigenvalue weighted by Crippen LogP contribution is 2.32. The molecule has 0 bridgehead atoms. The molecule has 0 radical (unpaired) electrons. The van der Waals surface area contributed by atoms with Crippen molar-refractivity contribution in [1.29, 1.82) is 0 Å². The molecule has 2 heterocycles. The maximum Gasteiger partial charge on any atom is 0.257 e. The SMILES string of the molecule is CNc1c(C(=O)NC2CCc3ccccc32)cnc2c(-c3ccccc3)cnn12. The van der Waals surface area contributed by atoms with Crippen LogP contribution in [0.2, 0.25) is 0 Å². The molecular weight excluding hydrogens is 362 g/mol. The standard InChI is InChI=1S/C23H21N5O/c1-24-21-19(23(29)27-20-12-11-16-9-5-6-10-17(16)20)13-25-22-18(14-26-28(21)22)15-7-3-2-4-8-15/h2-10,13-14,20,24H,11-12H2,1H3,(H,27,29). The van der Waals surface area contributed by atoms with Gasteiger partial charge in [0.15, 0.2) is 5.65 Å². The molecule has 1 atom stereocenters. The lowest BCUT2D eigenvalue weighted by atomic mass is 10.1. The van der Waals surface area contributed by atoms with E-state index < -0.39 is 0 Å². The van der Waals surface area contributed by atoms with E-state index in [1.165, 1.54) is 11.1 Å². The number of amides is 1. The Morgan fingerprint density at radius 2 is 1.86 bits per heavy atom. The molecule has 0 spiro atoms. The van der Waals surface area contributed by atoms with Crippen LogP contribution in [0.1, 0.15) is 33.9 Å². The second kappa shape index (κ2) is 7.05. The quantitative estimate of drug-likeness (QED) is 0.561. The van der Waals surface area contributed by atoms with Crippen molar-refractivity contribution in [3.05, 3.63) is 83.7 Å². The minimum atomic E-state index is -0.151. The fourth-order valence-corrected chi connectivity index (χ4v) is 4.10. The Hall–Kier alpha value is -3.67. The number of aromatic nitrogens is 3. The Morgan fingerprint density at radius 1 is 1.07 bits per heavy atom. The van der Waals surface area contributed by atoms with Crippen molar-refractivity contribution in [1.82, 2.24) is 19.9 Å². The third kappa shape index (κ3) is 2.93. The van der Waals surface area contributed by atoms with Crippen molar-refractivity contribution >= 4 is 17.4 Å². The van der Waals surface area contributed by atoms with E-state index in [0.717, 1.165) is 24.0 Å². The smallest absolute Gasteiger partial charge is 0.257 e. The number of carbonyl (C=O) groups excluding carboxylic acids is 1. The van der Waals surface area contributed by atoms with Crippen LogP contribution in [-0.4, -0.2) is 27.6 Å². The summed E-state index contributed by atoms with van der Waals surface area (Å²) in [6, 6.07) is 18.3. The molecule has 1 aliphatic carbocycles. The molecule has 0 saturated heterocycles. The average molecular weight is 383 g/mol. The average Bonchev–Trinajstić information content (AvgIpc) is 3.38. The number of hydrogen-bond acceptors (Lipinski definition) is 4. The number of hydrogen-bond donors (Lipinski definition) is 2. The first-order chi connectivity index (χ1) is 14.3. The van der Waals surface area contributed by atoms with Crippen molar-refractivity contribution in [2.75, 3.05) is 12.4 Å². The zero-order valence-corrected chi connectivity index (χ0v) is 16.1. The third-order valence-electron chi connectivity index (χ3n) is 5.53. The molecule has 2 N–H and O–H groups in total. The molecule has 4 aromatic rings. The summed E-state index contributed by atoms with van der Waals surface area (Å²) in [6.45, 7) is 0. The summed E-state index contributed by atoms with van der Waals surface area (Å²) in [6.07, 6.45) is 5.31. The summed E-state index contributed by atoms with van der Waals surface area (Å²) in [5, 5.41) is 10.8. The Bertz CT molecular complexity index is 1200. The first-order valence-corrected chi connectivity index (χ1v) is 9.75. The molecule has 2 aromatic carbocycles. The highest BCUT2D eigenvalue weighted by molar-refractivity contribution is 5.99. The topological polar surface area (TPSA) is 71.3 Å². The zero-order valence-electron chi connectivity index (χ0n) is 16.1. The maximum absolute atomic E-state index is 13.1. The Morgan fingerprint density at radius 3 is 2.69 bits per heavy atom. The number of anilines is 1. The van der Waals surface area contributed by atoms with E-state index in [4.69, 9.17) is 0 Å². The van der Waals surface area contributed by atoms with Gasteiger partial charge in [0.05, 0.1) is 12.2 Å². The Labute approximate surface area is 168 Å². The number of benzene rings is 2. The summed E-state index contributed by atoms with van der Waals surface area (Å²) in [7, 11) is 1.79. The maximum atomic E-state index is 13.1. The Kier molecular flexibility index (Phi) is 4.24. The first-order valence-electron chi connectivity index (χ1n) is 9.75. The lowest BCUT2D eigenvalue weighted by molar-refractivity contribution is 0.0936. The van der Waals surface area contributed by atoms with Gasteiger partial charge in [-0.15, -0.1) is 0 Å². The van der Waals surface area contributed by atoms with Gasteiger partial charge >= 0.3 is 0 Å². The highest BCUT2D eigenvalue weighted by atomic mass is 16.1. The summed E-state index contributed by atoms with van der Waals surface area (Å²) >= 11 is 0. The molecule has 1 aliphatic rings. The van der Waals surface area contributed by atoms with E-state index >= 15 is 0 Å². The van der Waals surface area contributed by atoms with E-state index in [-0.39, 0.29) is 11.9 Å². The lowest BCUT2D eigenvalue weighted by Crippen LogP contribution is -2.28. The van der Waals surface area contributed by atoms with Crippen LogP contribution in [0.15, 0.2) is 67.0 Å². The second-order valence-electron chi connectivity index (χ2n) is 7.19. The lowest BCUT2D eigenvalue weighted by Gasteiger charge is -2.16. The van der Waals surface area contributed by atoms with Crippen LogP contribution in [0.3, 0.4) is 0 Å². The molecule has 6 nitrogen and oxygen atoms in total. The van der Waals surface area contributed by atoms with E-state index in [2.05, 4.69) is 32.8 Å². The van der Waals surface area contributed by atoms with Gasteiger partial charge in [-0.25, -0.2) is 4.98 Å². The molecular formula is C23H21N5O. The monoisotopic (exact) mass is 383 g/mol. The zero-order chi connectivity index (χ0) is 19.8. The van der Waals surface area contributed by atoms with Gasteiger partial charge in [0.2, 0.25) is 0 Å². The largest absolute Gasteiger partial charge is 0.372 e. The summed E-state index contributed by atoms with van der Waals surface area (Å²) in [5.74, 6) is 0.475. The molecule has 29 heavy (non-hydrogen) atoms. The number of carbonyl (C=O) groups is 1. The predicted molar refractivity (Wildman–Crippen MR) is 113 cm³/mol. The van der Waals surface area contributed by atoms with Crippen molar-refractivity contribution in [2.45, 2.75) is 18.9 Å². The van der Waals surface area contributed by atoms with Gasteiger partial charge < -0.3 is 10.6 Å². The summed E-state index contributed by atoms with van der Waals surface area (Å²) in [5.41, 5.74) is 5.66. The minimum absolute atomic E-state index is 0.0246. The third-order valence-corrected chi connectivity index (χ3v) is 5.53. The van der Waals surface area contributed by atoms with Gasteiger partial charge in [-0.1, -0.05) is 54.6 Å². The normalized spacial score (nSPS) is 15.3. The van der Waals surface area contributed by atoms with Crippen molar-refractivity contribution in [3.63, 3.8) is 0 Å². The number of aryl methyl sites for hydroxylation is 1. The van der Waals surface area contributed by atoms with Crippen LogP contribution >= 0.6 is 0 Å². The number of nitrogens with zero attached hydrogens (tertiary/aromatic N) is 3. The van der Waals surface area contributed by atoms with E-state index in [1.54, 1.807) is 24.0 Å². The molecule has 0 saturated carbocycles. The first kappa shape index (κ1) is 17.4. The van der Waals surface area contributed by atoms with Crippen LogP contribution in [-0.2, 0) is 6.42 Å². The van der Waals surface area contributed by atoms with Crippen molar-refractivity contribution in [3.8, 4) is 11.1 Å². The van der Waals surface area contributed by atoms with Crippen LogP contribution in [0, 0.1) is 0 Å². The molecule has 2 aromatic heterocycles. The number of nitrogens with one attached hydrogen (secondary N) is 2. The van der Waals surface area contributed by atoms with Crippen LogP contribution < -0.4 is 10.6 Å². The fourth-order valence-electron chi connectivity index (χ4n) is 4.10. The Balaban J connectivity index is 1.50. The van der Waals surface area contributed by atoms with E-state index in [9.17, 15) is 4.79 Å². The van der Waals surface area contributed by atoms with Gasteiger partial charge in [-0.2, -0.15) is 9.61 Å². The molecule has 0 aliphatic heterocycles. The summed E-state index contributed by atoms with van der Waals surface area (Å²) in [4.78, 5) is 17.6. The number of rotatable bonds is 4. The second-order valence-corrected chi connectivity index (χ2v) is 7.19. The van der Waals surface area contributed by atoms with Gasteiger partial charge in [0, 0.05) is 18.8 Å². The van der Waals surface area contributed by atoms with E-state index in [0.29, 0.717) is 17.0 Å². The van der Waals surface area contributed by atoms with Gasteiger partial charge in [-0.05, 0) is 29.5 Å². The predicted octanol–water partition coefficient (Wildman–Crippen LogP) is 3.86. The van der Waals surface area contributed by atoms with Gasteiger partial charge in [0.25, 0.3) is 5.91 Å². The van der Waals surface area contributed by atoms with Crippen LogP contribution in [0.25, 0.3) is 16.8 Å². The molecule has 0 fully saturated rings. The van der Waals surface area contributed by atoms with Gasteiger partial charge in [-0.3, -0.25) is 4.79 Å². The van der Waals surface area contributed by atoms with Gasteiger partial charge in [0.1, 0.15) is 11.4 Å². The number of fused-ring (bicyclic) bond motifs is 2. The minimum Gasteiger partial charge on any atom is -0.372 e. The van der Waals surface area contributed by atoms with Crippen molar-refractivity contribution in [2.24, 2.45) is 0 Å². The molecule has 5 rings (SSSR count). The fraction of sp³-hybridized carbons (Fsp3) is 0.174. The van der Waals surface area contributed by atoms with E-state index in [1.807, 2.05) is 42.5 Å². The molecule has 6 heteroatoms.